The van der Waals surface area contributed by atoms with Crippen LogP contribution in [0.5, 0.6) is 0 Å². The van der Waals surface area contributed by atoms with Crippen LogP contribution in [-0.4, -0.2) is 23.3 Å². The zero-order valence-electron chi connectivity index (χ0n) is 7.46. The van der Waals surface area contributed by atoms with E-state index in [1.54, 1.807) is 13.0 Å². The van der Waals surface area contributed by atoms with E-state index in [0.29, 0.717) is 12.0 Å². The summed E-state index contributed by atoms with van der Waals surface area (Å²) in [6, 6.07) is 0. The summed E-state index contributed by atoms with van der Waals surface area (Å²) in [7, 11) is 0. The smallest absolute Gasteiger partial charge is 0.330 e. The Morgan fingerprint density at radius 1 is 1.75 bits per heavy atom. The number of hydrogen-bond acceptors (Lipinski definition) is 2. The molecular weight excluding hydrogens is 156 g/mol. The molecule has 0 radical (unpaired) electrons. The second kappa shape index (κ2) is 3.27. The van der Waals surface area contributed by atoms with Crippen molar-refractivity contribution in [3.8, 4) is 0 Å². The van der Waals surface area contributed by atoms with Gasteiger partial charge in [0, 0.05) is 5.57 Å². The quantitative estimate of drug-likeness (QED) is 0.654. The molecule has 0 aromatic heterocycles. The van der Waals surface area contributed by atoms with E-state index in [-0.39, 0.29) is 5.60 Å². The van der Waals surface area contributed by atoms with Crippen LogP contribution in [0.4, 0.5) is 0 Å². The predicted molar refractivity (Wildman–Crippen MR) is 45.0 cm³/mol. The van der Waals surface area contributed by atoms with Gasteiger partial charge in [-0.3, -0.25) is 0 Å². The van der Waals surface area contributed by atoms with Gasteiger partial charge in [0.05, 0.1) is 12.2 Å². The lowest BCUT2D eigenvalue weighted by Gasteiger charge is -2.37. The van der Waals surface area contributed by atoms with Gasteiger partial charge in [0.1, 0.15) is 0 Å². The lowest BCUT2D eigenvalue weighted by atomic mass is 9.92. The first-order valence-corrected chi connectivity index (χ1v) is 4.07. The average molecular weight is 170 g/mol. The highest BCUT2D eigenvalue weighted by Gasteiger charge is 2.31. The van der Waals surface area contributed by atoms with Crippen LogP contribution in [0.1, 0.15) is 26.7 Å². The summed E-state index contributed by atoms with van der Waals surface area (Å²) in [6.45, 7) is 4.41. The van der Waals surface area contributed by atoms with Gasteiger partial charge in [0.15, 0.2) is 0 Å². The topological polar surface area (TPSA) is 46.5 Å². The van der Waals surface area contributed by atoms with Crippen molar-refractivity contribution >= 4 is 5.97 Å². The summed E-state index contributed by atoms with van der Waals surface area (Å²) in [4.78, 5) is 10.4. The maximum atomic E-state index is 10.4. The Labute approximate surface area is 72.0 Å². The van der Waals surface area contributed by atoms with Gasteiger partial charge in [0.25, 0.3) is 0 Å². The predicted octanol–water partition coefficient (Wildman–Crippen LogP) is 1.59. The minimum atomic E-state index is -0.849. The summed E-state index contributed by atoms with van der Waals surface area (Å²) < 4.78 is 5.31. The molecule has 1 saturated heterocycles. The van der Waals surface area contributed by atoms with Crippen molar-refractivity contribution in [1.29, 1.82) is 0 Å². The van der Waals surface area contributed by atoms with E-state index < -0.39 is 5.97 Å². The van der Waals surface area contributed by atoms with Crippen LogP contribution >= 0.6 is 0 Å². The SMILES string of the molecule is CC(=CCC1(C)CCO1)C(=O)O. The Hall–Kier alpha value is -0.830. The number of hydrogen-bond donors (Lipinski definition) is 1. The van der Waals surface area contributed by atoms with Crippen molar-refractivity contribution in [2.45, 2.75) is 32.3 Å². The number of rotatable bonds is 3. The lowest BCUT2D eigenvalue weighted by molar-refractivity contribution is -0.133. The standard InChI is InChI=1S/C9H14O3/c1-7(8(10)11)3-4-9(2)5-6-12-9/h3H,4-6H2,1-2H3,(H,10,11). The zero-order chi connectivity index (χ0) is 9.19. The van der Waals surface area contributed by atoms with Crippen molar-refractivity contribution in [2.75, 3.05) is 6.61 Å². The molecule has 1 fully saturated rings. The molecule has 0 bridgehead atoms. The Kier molecular flexibility index (Phi) is 2.52. The Bertz CT molecular complexity index is 214. The van der Waals surface area contributed by atoms with Crippen LogP contribution in [0.3, 0.4) is 0 Å². The van der Waals surface area contributed by atoms with Crippen molar-refractivity contribution in [3.63, 3.8) is 0 Å². The van der Waals surface area contributed by atoms with Crippen molar-refractivity contribution in [1.82, 2.24) is 0 Å². The van der Waals surface area contributed by atoms with Crippen molar-refractivity contribution in [3.05, 3.63) is 11.6 Å². The molecule has 12 heavy (non-hydrogen) atoms. The molecule has 0 aromatic rings. The number of ether oxygens (including phenoxy) is 1. The highest BCUT2D eigenvalue weighted by Crippen LogP contribution is 2.29. The van der Waals surface area contributed by atoms with Crippen LogP contribution in [0.2, 0.25) is 0 Å². The van der Waals surface area contributed by atoms with E-state index in [1.165, 1.54) is 0 Å². The molecule has 1 heterocycles. The molecule has 68 valence electrons. The Balaban J connectivity index is 2.42. The normalized spacial score (nSPS) is 29.7. The second-order valence-electron chi connectivity index (χ2n) is 3.44. The second-order valence-corrected chi connectivity index (χ2v) is 3.44. The van der Waals surface area contributed by atoms with E-state index in [0.717, 1.165) is 13.0 Å². The fraction of sp³-hybridized carbons (Fsp3) is 0.667. The first-order chi connectivity index (χ1) is 5.53. The fourth-order valence-electron chi connectivity index (χ4n) is 1.07. The maximum Gasteiger partial charge on any atom is 0.330 e. The number of carbonyl (C=O) groups is 1. The van der Waals surface area contributed by atoms with E-state index in [4.69, 9.17) is 9.84 Å². The number of aliphatic carboxylic acids is 1. The van der Waals surface area contributed by atoms with E-state index in [1.807, 2.05) is 6.92 Å². The van der Waals surface area contributed by atoms with Crippen LogP contribution in [0.25, 0.3) is 0 Å². The highest BCUT2D eigenvalue weighted by atomic mass is 16.5. The van der Waals surface area contributed by atoms with Crippen molar-refractivity contribution < 1.29 is 14.6 Å². The summed E-state index contributed by atoms with van der Waals surface area (Å²) >= 11 is 0. The fourth-order valence-corrected chi connectivity index (χ4v) is 1.07. The minimum Gasteiger partial charge on any atom is -0.478 e. The minimum absolute atomic E-state index is 0.100. The molecule has 0 saturated carbocycles. The van der Waals surface area contributed by atoms with Crippen LogP contribution < -0.4 is 0 Å². The average Bonchev–Trinajstić information content (AvgIpc) is 1.96. The van der Waals surface area contributed by atoms with Gasteiger partial charge in [-0.25, -0.2) is 4.79 Å². The van der Waals surface area contributed by atoms with Gasteiger partial charge in [-0.05, 0) is 26.7 Å². The monoisotopic (exact) mass is 170 g/mol. The van der Waals surface area contributed by atoms with Gasteiger partial charge >= 0.3 is 5.97 Å². The van der Waals surface area contributed by atoms with E-state index >= 15 is 0 Å². The number of carboxylic acids is 1. The third-order valence-electron chi connectivity index (χ3n) is 2.26. The summed E-state index contributed by atoms with van der Waals surface area (Å²) in [5.74, 6) is -0.849. The molecule has 1 unspecified atom stereocenters. The molecule has 0 aliphatic carbocycles. The van der Waals surface area contributed by atoms with Crippen LogP contribution in [-0.2, 0) is 9.53 Å². The first kappa shape index (κ1) is 9.26. The molecule has 1 aliphatic heterocycles. The molecule has 3 nitrogen and oxygen atoms in total. The molecule has 0 spiro atoms. The molecular formula is C9H14O3. The highest BCUT2D eigenvalue weighted by molar-refractivity contribution is 5.85. The molecule has 1 N–H and O–H groups in total. The van der Waals surface area contributed by atoms with Gasteiger partial charge in [-0.1, -0.05) is 6.08 Å². The third-order valence-corrected chi connectivity index (χ3v) is 2.26. The molecule has 1 aliphatic rings. The van der Waals surface area contributed by atoms with Crippen LogP contribution in [0, 0.1) is 0 Å². The summed E-state index contributed by atoms with van der Waals surface area (Å²) in [6.07, 6.45) is 3.45. The van der Waals surface area contributed by atoms with Gasteiger partial charge < -0.3 is 9.84 Å². The molecule has 3 heteroatoms. The number of carboxylic acid groups (broad SMARTS) is 1. The van der Waals surface area contributed by atoms with E-state index in [9.17, 15) is 4.79 Å². The zero-order valence-corrected chi connectivity index (χ0v) is 7.46. The Morgan fingerprint density at radius 2 is 2.33 bits per heavy atom. The Morgan fingerprint density at radius 3 is 2.67 bits per heavy atom. The summed E-state index contributed by atoms with van der Waals surface area (Å²) in [5.41, 5.74) is 0.295. The van der Waals surface area contributed by atoms with E-state index in [2.05, 4.69) is 0 Å². The van der Waals surface area contributed by atoms with Crippen molar-refractivity contribution in [2.24, 2.45) is 0 Å². The van der Waals surface area contributed by atoms with Gasteiger partial charge in [-0.2, -0.15) is 0 Å². The summed E-state index contributed by atoms with van der Waals surface area (Å²) in [5, 5.41) is 8.56. The molecule has 1 atom stereocenters. The van der Waals surface area contributed by atoms with Gasteiger partial charge in [0.2, 0.25) is 0 Å². The molecule has 1 rings (SSSR count). The maximum absolute atomic E-state index is 10.4. The first-order valence-electron chi connectivity index (χ1n) is 4.07. The third kappa shape index (κ3) is 2.08. The van der Waals surface area contributed by atoms with Crippen LogP contribution in [0.15, 0.2) is 11.6 Å². The largest absolute Gasteiger partial charge is 0.478 e. The molecule has 0 amide bonds. The molecule has 0 aromatic carbocycles. The lowest BCUT2D eigenvalue weighted by Crippen LogP contribution is -2.39. The van der Waals surface area contributed by atoms with Gasteiger partial charge in [-0.15, -0.1) is 0 Å².